The summed E-state index contributed by atoms with van der Waals surface area (Å²) < 4.78 is 0. The highest BCUT2D eigenvalue weighted by molar-refractivity contribution is 7.07. The van der Waals surface area contributed by atoms with Crippen LogP contribution in [-0.2, 0) is 11.3 Å². The molecule has 1 aliphatic rings. The van der Waals surface area contributed by atoms with Crippen molar-refractivity contribution in [3.63, 3.8) is 0 Å². The van der Waals surface area contributed by atoms with Gasteiger partial charge in [0, 0.05) is 33.1 Å². The van der Waals surface area contributed by atoms with Gasteiger partial charge < -0.3 is 4.90 Å². The first-order chi connectivity index (χ1) is 10.2. The first-order valence-electron chi connectivity index (χ1n) is 7.29. The maximum absolute atomic E-state index is 11.9. The zero-order valence-electron chi connectivity index (χ0n) is 12.2. The molecule has 1 saturated heterocycles. The molecule has 0 unspecified atom stereocenters. The lowest BCUT2D eigenvalue weighted by Crippen LogP contribution is -2.49. The number of carbonyl (C=O) groups excluding carboxylic acids is 1. The summed E-state index contributed by atoms with van der Waals surface area (Å²) in [5.74, 6) is 0.166. The predicted octanol–water partition coefficient (Wildman–Crippen LogP) is 3.15. The quantitative estimate of drug-likeness (QED) is 0.869. The van der Waals surface area contributed by atoms with E-state index in [2.05, 4.69) is 33.9 Å². The van der Waals surface area contributed by atoms with E-state index < -0.39 is 0 Å². The van der Waals surface area contributed by atoms with Gasteiger partial charge in [0.05, 0.1) is 6.04 Å². The van der Waals surface area contributed by atoms with Crippen LogP contribution in [0.2, 0.25) is 0 Å². The third kappa shape index (κ3) is 3.34. The highest BCUT2D eigenvalue weighted by Crippen LogP contribution is 2.26. The number of piperazine rings is 1. The van der Waals surface area contributed by atoms with E-state index >= 15 is 0 Å². The second kappa shape index (κ2) is 6.41. The third-order valence-corrected chi connectivity index (χ3v) is 4.77. The average molecular weight is 300 g/mol. The molecule has 21 heavy (non-hydrogen) atoms. The Morgan fingerprint density at radius 1 is 1.24 bits per heavy atom. The summed E-state index contributed by atoms with van der Waals surface area (Å²) in [6.07, 6.45) is 0. The third-order valence-electron chi connectivity index (χ3n) is 4.04. The minimum absolute atomic E-state index is 0.163. The summed E-state index contributed by atoms with van der Waals surface area (Å²) in [5.41, 5.74) is 2.59. The summed E-state index contributed by atoms with van der Waals surface area (Å²) in [5, 5.41) is 4.32. The van der Waals surface area contributed by atoms with Crippen LogP contribution in [0.25, 0.3) is 0 Å². The molecule has 4 heteroatoms. The van der Waals surface area contributed by atoms with Crippen molar-refractivity contribution in [2.45, 2.75) is 19.5 Å². The number of benzene rings is 1. The summed E-state index contributed by atoms with van der Waals surface area (Å²) in [6, 6.07) is 12.7. The number of nitrogens with zero attached hydrogens (tertiary/aromatic N) is 2. The predicted molar refractivity (Wildman–Crippen MR) is 86.2 cm³/mol. The normalized spacial score (nSPS) is 19.7. The van der Waals surface area contributed by atoms with Crippen LogP contribution in [-0.4, -0.2) is 35.3 Å². The number of hydrogen-bond acceptors (Lipinski definition) is 3. The Morgan fingerprint density at radius 3 is 2.71 bits per heavy atom. The second-order valence-electron chi connectivity index (χ2n) is 5.51. The van der Waals surface area contributed by atoms with Gasteiger partial charge in [0.2, 0.25) is 5.91 Å². The Bertz CT molecular complexity index is 582. The number of amides is 1. The molecule has 3 rings (SSSR count). The maximum atomic E-state index is 11.9. The highest BCUT2D eigenvalue weighted by atomic mass is 32.1. The Labute approximate surface area is 129 Å². The van der Waals surface area contributed by atoms with Crippen LogP contribution in [0, 0.1) is 0 Å². The Kier molecular flexibility index (Phi) is 4.36. The monoisotopic (exact) mass is 300 g/mol. The average Bonchev–Trinajstić information content (AvgIpc) is 3.01. The molecule has 0 spiro atoms. The van der Waals surface area contributed by atoms with E-state index in [-0.39, 0.29) is 11.9 Å². The molecule has 0 saturated carbocycles. The van der Waals surface area contributed by atoms with Crippen molar-refractivity contribution in [2.75, 3.05) is 19.6 Å². The molecule has 1 aliphatic heterocycles. The lowest BCUT2D eigenvalue weighted by atomic mass is 10.0. The van der Waals surface area contributed by atoms with Gasteiger partial charge in [0.1, 0.15) is 0 Å². The van der Waals surface area contributed by atoms with Crippen LogP contribution in [0.1, 0.15) is 24.1 Å². The van der Waals surface area contributed by atoms with Crippen LogP contribution in [0.5, 0.6) is 0 Å². The maximum Gasteiger partial charge on any atom is 0.220 e. The van der Waals surface area contributed by atoms with Crippen molar-refractivity contribution in [1.29, 1.82) is 0 Å². The van der Waals surface area contributed by atoms with Gasteiger partial charge in [-0.1, -0.05) is 30.3 Å². The van der Waals surface area contributed by atoms with E-state index in [1.807, 2.05) is 23.1 Å². The molecule has 0 bridgehead atoms. The SMILES string of the molecule is CC(=O)N1CCN(Cc2ccsc2)C[C@H]1c1ccccc1. The van der Waals surface area contributed by atoms with Crippen LogP contribution in [0.4, 0.5) is 0 Å². The first-order valence-corrected chi connectivity index (χ1v) is 8.24. The molecule has 1 aromatic carbocycles. The van der Waals surface area contributed by atoms with E-state index in [0.29, 0.717) is 0 Å². The lowest BCUT2D eigenvalue weighted by molar-refractivity contribution is -0.134. The van der Waals surface area contributed by atoms with Crippen LogP contribution < -0.4 is 0 Å². The smallest absolute Gasteiger partial charge is 0.220 e. The molecule has 110 valence electrons. The number of carbonyl (C=O) groups is 1. The molecule has 0 radical (unpaired) electrons. The molecule has 0 N–H and O–H groups in total. The number of rotatable bonds is 3. The van der Waals surface area contributed by atoms with Gasteiger partial charge in [-0.2, -0.15) is 11.3 Å². The van der Waals surface area contributed by atoms with Gasteiger partial charge in [0.25, 0.3) is 0 Å². The fourth-order valence-electron chi connectivity index (χ4n) is 2.96. The Morgan fingerprint density at radius 2 is 2.05 bits per heavy atom. The van der Waals surface area contributed by atoms with E-state index in [1.165, 1.54) is 11.1 Å². The number of thiophene rings is 1. The van der Waals surface area contributed by atoms with Crippen LogP contribution in [0.15, 0.2) is 47.2 Å². The van der Waals surface area contributed by atoms with Gasteiger partial charge >= 0.3 is 0 Å². The topological polar surface area (TPSA) is 23.6 Å². The lowest BCUT2D eigenvalue weighted by Gasteiger charge is -2.41. The zero-order valence-corrected chi connectivity index (χ0v) is 13.1. The molecule has 1 aromatic heterocycles. The summed E-state index contributed by atoms with van der Waals surface area (Å²) in [7, 11) is 0. The molecule has 1 amide bonds. The molecule has 0 aliphatic carbocycles. The van der Waals surface area contributed by atoms with Crippen molar-refractivity contribution < 1.29 is 4.79 Å². The molecule has 1 atom stereocenters. The Hall–Kier alpha value is -1.65. The van der Waals surface area contributed by atoms with Gasteiger partial charge in [-0.05, 0) is 28.0 Å². The Balaban J connectivity index is 1.77. The van der Waals surface area contributed by atoms with Crippen LogP contribution >= 0.6 is 11.3 Å². The first kappa shape index (κ1) is 14.3. The van der Waals surface area contributed by atoms with Gasteiger partial charge in [-0.3, -0.25) is 9.69 Å². The molecule has 3 nitrogen and oxygen atoms in total. The fourth-order valence-corrected chi connectivity index (χ4v) is 3.62. The largest absolute Gasteiger partial charge is 0.333 e. The summed E-state index contributed by atoms with van der Waals surface area (Å²) in [6.45, 7) is 5.29. The number of hydrogen-bond donors (Lipinski definition) is 0. The van der Waals surface area contributed by atoms with Gasteiger partial charge in [-0.25, -0.2) is 0 Å². The van der Waals surface area contributed by atoms with Crippen LogP contribution in [0.3, 0.4) is 0 Å². The summed E-state index contributed by atoms with van der Waals surface area (Å²) >= 11 is 1.74. The molecular formula is C17H20N2OS. The van der Waals surface area contributed by atoms with E-state index in [9.17, 15) is 4.79 Å². The minimum atomic E-state index is 0.163. The fraction of sp³-hybridized carbons (Fsp3) is 0.353. The van der Waals surface area contributed by atoms with E-state index in [0.717, 1.165) is 26.2 Å². The van der Waals surface area contributed by atoms with Crippen molar-refractivity contribution >= 4 is 17.2 Å². The van der Waals surface area contributed by atoms with E-state index in [1.54, 1.807) is 18.3 Å². The minimum Gasteiger partial charge on any atom is -0.333 e. The van der Waals surface area contributed by atoms with Crippen molar-refractivity contribution in [1.82, 2.24) is 9.80 Å². The van der Waals surface area contributed by atoms with E-state index in [4.69, 9.17) is 0 Å². The van der Waals surface area contributed by atoms with Gasteiger partial charge in [0.15, 0.2) is 0 Å². The van der Waals surface area contributed by atoms with Crippen molar-refractivity contribution in [3.8, 4) is 0 Å². The van der Waals surface area contributed by atoms with Crippen molar-refractivity contribution in [2.24, 2.45) is 0 Å². The molecule has 2 aromatic rings. The standard InChI is InChI=1S/C17H20N2OS/c1-14(20)19-9-8-18(11-15-7-10-21-13-15)12-17(19)16-5-3-2-4-6-16/h2-7,10,13,17H,8-9,11-12H2,1H3/t17-/m0/s1. The molecule has 2 heterocycles. The second-order valence-corrected chi connectivity index (χ2v) is 6.29. The molecule has 1 fully saturated rings. The van der Waals surface area contributed by atoms with Crippen molar-refractivity contribution in [3.05, 3.63) is 58.3 Å². The molecular weight excluding hydrogens is 280 g/mol. The summed E-state index contributed by atoms with van der Waals surface area (Å²) in [4.78, 5) is 16.4. The highest BCUT2D eigenvalue weighted by Gasteiger charge is 2.29. The zero-order chi connectivity index (χ0) is 14.7. The van der Waals surface area contributed by atoms with Gasteiger partial charge in [-0.15, -0.1) is 0 Å².